The molecule has 0 aliphatic carbocycles. The minimum atomic E-state index is -0.452. The zero-order valence-electron chi connectivity index (χ0n) is 13.7. The van der Waals surface area contributed by atoms with Crippen LogP contribution in [-0.4, -0.2) is 10.8 Å². The van der Waals surface area contributed by atoms with Gasteiger partial charge in [0.1, 0.15) is 0 Å². The molecule has 0 aliphatic rings. The van der Waals surface area contributed by atoms with Crippen LogP contribution in [0.1, 0.15) is 37.1 Å². The van der Waals surface area contributed by atoms with Crippen LogP contribution in [0, 0.1) is 16.0 Å². The Labute approximate surface area is 140 Å². The molecule has 0 saturated carbocycles. The molecule has 0 aliphatic heterocycles. The van der Waals surface area contributed by atoms with Crippen molar-refractivity contribution in [1.29, 1.82) is 0 Å². The van der Waals surface area contributed by atoms with E-state index in [2.05, 4.69) is 5.32 Å². The highest BCUT2D eigenvalue weighted by atomic mass is 16.6. The molecule has 0 saturated heterocycles. The van der Waals surface area contributed by atoms with E-state index in [1.54, 1.807) is 26.0 Å². The van der Waals surface area contributed by atoms with Gasteiger partial charge in [0.05, 0.1) is 16.9 Å². The van der Waals surface area contributed by atoms with Crippen molar-refractivity contribution < 1.29 is 9.72 Å². The van der Waals surface area contributed by atoms with Crippen LogP contribution in [0.4, 0.5) is 5.69 Å². The number of nitrogens with one attached hydrogen (secondary N) is 1. The van der Waals surface area contributed by atoms with Gasteiger partial charge < -0.3 is 11.1 Å². The third-order valence-corrected chi connectivity index (χ3v) is 4.08. The van der Waals surface area contributed by atoms with Crippen LogP contribution in [0.15, 0.2) is 54.6 Å². The highest BCUT2D eigenvalue weighted by Crippen LogP contribution is 2.22. The lowest BCUT2D eigenvalue weighted by Gasteiger charge is -2.22. The van der Waals surface area contributed by atoms with Crippen molar-refractivity contribution in [1.82, 2.24) is 5.32 Å². The van der Waals surface area contributed by atoms with E-state index in [9.17, 15) is 14.9 Å². The average Bonchev–Trinajstić information content (AvgIpc) is 2.61. The highest BCUT2D eigenvalue weighted by molar-refractivity contribution is 5.79. The molecule has 3 unspecified atom stereocenters. The Morgan fingerprint density at radius 2 is 1.71 bits per heavy atom. The smallest absolute Gasteiger partial charge is 0.269 e. The first kappa shape index (κ1) is 17.6. The maximum atomic E-state index is 12.4. The van der Waals surface area contributed by atoms with Gasteiger partial charge >= 0.3 is 0 Å². The molecular formula is C18H21N3O3. The predicted octanol–water partition coefficient (Wildman–Crippen LogP) is 3.11. The summed E-state index contributed by atoms with van der Waals surface area (Å²) in [6.07, 6.45) is 0. The van der Waals surface area contributed by atoms with E-state index in [1.165, 1.54) is 12.1 Å². The molecule has 0 heterocycles. The van der Waals surface area contributed by atoms with Crippen LogP contribution >= 0.6 is 0 Å². The fraction of sp³-hybridized carbons (Fsp3) is 0.278. The van der Waals surface area contributed by atoms with Crippen LogP contribution in [0.5, 0.6) is 0 Å². The minimum Gasteiger partial charge on any atom is -0.349 e. The Bertz CT molecular complexity index is 718. The standard InChI is InChI=1S/C18H21N3O3/c1-12(17(19)14-7-4-3-5-8-14)18(22)20-13(2)15-9-6-10-16(11-15)21(23)24/h3-13,17H,19H2,1-2H3,(H,20,22). The van der Waals surface area contributed by atoms with Gasteiger partial charge in [-0.05, 0) is 18.1 Å². The first-order valence-corrected chi connectivity index (χ1v) is 7.75. The molecular weight excluding hydrogens is 306 g/mol. The van der Waals surface area contributed by atoms with Crippen molar-refractivity contribution in [3.63, 3.8) is 0 Å². The zero-order chi connectivity index (χ0) is 17.7. The Morgan fingerprint density at radius 3 is 2.33 bits per heavy atom. The van der Waals surface area contributed by atoms with Gasteiger partial charge in [-0.3, -0.25) is 14.9 Å². The molecule has 0 radical (unpaired) electrons. The number of amides is 1. The third-order valence-electron chi connectivity index (χ3n) is 4.08. The number of hydrogen-bond acceptors (Lipinski definition) is 4. The normalized spacial score (nSPS) is 14.5. The molecule has 0 spiro atoms. The lowest BCUT2D eigenvalue weighted by atomic mass is 9.94. The number of rotatable bonds is 6. The van der Waals surface area contributed by atoms with Gasteiger partial charge in [0.2, 0.25) is 5.91 Å². The first-order chi connectivity index (χ1) is 11.4. The zero-order valence-corrected chi connectivity index (χ0v) is 13.7. The maximum Gasteiger partial charge on any atom is 0.269 e. The monoisotopic (exact) mass is 327 g/mol. The number of nitro benzene ring substituents is 1. The quantitative estimate of drug-likeness (QED) is 0.629. The number of carbonyl (C=O) groups excluding carboxylic acids is 1. The van der Waals surface area contributed by atoms with E-state index in [4.69, 9.17) is 5.73 Å². The van der Waals surface area contributed by atoms with Crippen molar-refractivity contribution in [2.75, 3.05) is 0 Å². The molecule has 3 atom stereocenters. The Kier molecular flexibility index (Phi) is 5.65. The third kappa shape index (κ3) is 4.17. The fourth-order valence-corrected chi connectivity index (χ4v) is 2.46. The topological polar surface area (TPSA) is 98.3 Å². The number of carbonyl (C=O) groups is 1. The Morgan fingerprint density at radius 1 is 1.08 bits per heavy atom. The molecule has 2 aromatic carbocycles. The van der Waals surface area contributed by atoms with Crippen molar-refractivity contribution in [2.45, 2.75) is 25.9 Å². The summed E-state index contributed by atoms with van der Waals surface area (Å²) in [6, 6.07) is 14.9. The van der Waals surface area contributed by atoms with E-state index in [0.29, 0.717) is 5.56 Å². The summed E-state index contributed by atoms with van der Waals surface area (Å²) in [4.78, 5) is 22.8. The second-order valence-electron chi connectivity index (χ2n) is 5.81. The molecule has 6 nitrogen and oxygen atoms in total. The van der Waals surface area contributed by atoms with E-state index in [1.807, 2.05) is 30.3 Å². The van der Waals surface area contributed by atoms with Gasteiger partial charge in [-0.1, -0.05) is 49.4 Å². The van der Waals surface area contributed by atoms with Gasteiger partial charge in [0, 0.05) is 18.2 Å². The van der Waals surface area contributed by atoms with Crippen molar-refractivity contribution in [2.24, 2.45) is 11.7 Å². The molecule has 0 bridgehead atoms. The molecule has 2 rings (SSSR count). The SMILES string of the molecule is CC(NC(=O)C(C)C(N)c1ccccc1)c1cccc([N+](=O)[O-])c1. The number of nitro groups is 1. The Hall–Kier alpha value is -2.73. The summed E-state index contributed by atoms with van der Waals surface area (Å²) in [5.41, 5.74) is 7.74. The van der Waals surface area contributed by atoms with E-state index in [0.717, 1.165) is 5.56 Å². The number of nitrogens with two attached hydrogens (primary N) is 1. The molecule has 24 heavy (non-hydrogen) atoms. The van der Waals surface area contributed by atoms with Gasteiger partial charge in [0.15, 0.2) is 0 Å². The molecule has 6 heteroatoms. The molecule has 1 amide bonds. The van der Waals surface area contributed by atoms with Crippen molar-refractivity contribution in [3.8, 4) is 0 Å². The van der Waals surface area contributed by atoms with Gasteiger partial charge in [-0.25, -0.2) is 0 Å². The number of non-ortho nitro benzene ring substituents is 1. The second-order valence-corrected chi connectivity index (χ2v) is 5.81. The van der Waals surface area contributed by atoms with Gasteiger partial charge in [-0.2, -0.15) is 0 Å². The van der Waals surface area contributed by atoms with Crippen LogP contribution in [0.25, 0.3) is 0 Å². The molecule has 126 valence electrons. The summed E-state index contributed by atoms with van der Waals surface area (Å²) < 4.78 is 0. The molecule has 2 aromatic rings. The fourth-order valence-electron chi connectivity index (χ4n) is 2.46. The van der Waals surface area contributed by atoms with E-state index >= 15 is 0 Å². The Balaban J connectivity index is 2.05. The largest absolute Gasteiger partial charge is 0.349 e. The van der Waals surface area contributed by atoms with Crippen LogP contribution < -0.4 is 11.1 Å². The summed E-state index contributed by atoms with van der Waals surface area (Å²) in [5, 5.41) is 13.7. The van der Waals surface area contributed by atoms with Crippen molar-refractivity contribution >= 4 is 11.6 Å². The minimum absolute atomic E-state index is 0.00244. The lowest BCUT2D eigenvalue weighted by molar-refractivity contribution is -0.384. The first-order valence-electron chi connectivity index (χ1n) is 7.75. The highest BCUT2D eigenvalue weighted by Gasteiger charge is 2.23. The van der Waals surface area contributed by atoms with Gasteiger partial charge in [-0.15, -0.1) is 0 Å². The second kappa shape index (κ2) is 7.70. The van der Waals surface area contributed by atoms with Crippen LogP contribution in [0.3, 0.4) is 0 Å². The summed E-state index contributed by atoms with van der Waals surface area (Å²) in [7, 11) is 0. The number of benzene rings is 2. The summed E-state index contributed by atoms with van der Waals surface area (Å²) >= 11 is 0. The molecule has 0 fully saturated rings. The summed E-state index contributed by atoms with van der Waals surface area (Å²) in [5.74, 6) is -0.612. The number of nitrogens with zero attached hydrogens (tertiary/aromatic N) is 1. The van der Waals surface area contributed by atoms with Gasteiger partial charge in [0.25, 0.3) is 5.69 Å². The van der Waals surface area contributed by atoms with Crippen LogP contribution in [0.2, 0.25) is 0 Å². The summed E-state index contributed by atoms with van der Waals surface area (Å²) in [6.45, 7) is 3.56. The molecule has 3 N–H and O–H groups in total. The van der Waals surface area contributed by atoms with Crippen LogP contribution in [-0.2, 0) is 4.79 Å². The molecule has 0 aromatic heterocycles. The lowest BCUT2D eigenvalue weighted by Crippen LogP contribution is -2.36. The maximum absolute atomic E-state index is 12.4. The van der Waals surface area contributed by atoms with Crippen molar-refractivity contribution in [3.05, 3.63) is 75.8 Å². The predicted molar refractivity (Wildman–Crippen MR) is 92.2 cm³/mol. The van der Waals surface area contributed by atoms with E-state index < -0.39 is 16.9 Å². The number of hydrogen-bond donors (Lipinski definition) is 2. The van der Waals surface area contributed by atoms with E-state index in [-0.39, 0.29) is 17.6 Å². The average molecular weight is 327 g/mol.